The van der Waals surface area contributed by atoms with Crippen molar-refractivity contribution in [3.8, 4) is 0 Å². The van der Waals surface area contributed by atoms with Gasteiger partial charge in [-0.1, -0.05) is 18.2 Å². The number of aliphatic hydroxyl groups excluding tert-OH is 1. The number of hydrogen-bond donors (Lipinski definition) is 3. The molecule has 0 saturated carbocycles. The maximum atomic E-state index is 13.2. The van der Waals surface area contributed by atoms with E-state index >= 15 is 0 Å². The van der Waals surface area contributed by atoms with E-state index in [1.54, 1.807) is 0 Å². The number of carbonyl (C=O) groups excluding carboxylic acids is 4. The molecular weight excluding hydrogens is 378 g/mol. The van der Waals surface area contributed by atoms with E-state index in [1.165, 1.54) is 18.9 Å². The van der Waals surface area contributed by atoms with Crippen LogP contribution in [0.4, 0.5) is 5.69 Å². The van der Waals surface area contributed by atoms with Crippen molar-refractivity contribution in [2.45, 2.75) is 50.7 Å². The van der Waals surface area contributed by atoms with Gasteiger partial charge in [0.25, 0.3) is 0 Å². The first-order valence-corrected chi connectivity index (χ1v) is 9.54. The van der Waals surface area contributed by atoms with E-state index in [0.29, 0.717) is 19.3 Å². The summed E-state index contributed by atoms with van der Waals surface area (Å²) in [4.78, 5) is 50.7. The summed E-state index contributed by atoms with van der Waals surface area (Å²) < 4.78 is 4.59. The number of aliphatic hydroxyl groups is 1. The number of para-hydroxylation sites is 1. The van der Waals surface area contributed by atoms with Crippen LogP contribution in [0.1, 0.15) is 30.9 Å². The Morgan fingerprint density at radius 1 is 1.31 bits per heavy atom. The zero-order valence-corrected chi connectivity index (χ0v) is 16.4. The molecule has 9 nitrogen and oxygen atoms in total. The lowest BCUT2D eigenvalue weighted by Crippen LogP contribution is -2.55. The molecule has 3 rings (SSSR count). The highest BCUT2D eigenvalue weighted by molar-refractivity contribution is 6.07. The smallest absolute Gasteiger partial charge is 0.307 e. The van der Waals surface area contributed by atoms with Crippen LogP contribution in [0, 0.1) is 0 Å². The van der Waals surface area contributed by atoms with Crippen LogP contribution >= 0.6 is 0 Å². The normalized spacial score (nSPS) is 21.1. The van der Waals surface area contributed by atoms with Gasteiger partial charge in [-0.3, -0.25) is 24.1 Å². The third kappa shape index (κ3) is 4.24. The number of anilines is 1. The lowest BCUT2D eigenvalue weighted by molar-refractivity contribution is -0.141. The molecule has 29 heavy (non-hydrogen) atoms. The molecule has 0 aromatic heterocycles. The number of hydrogen-bond acceptors (Lipinski definition) is 6. The summed E-state index contributed by atoms with van der Waals surface area (Å²) >= 11 is 0. The topological polar surface area (TPSA) is 125 Å². The van der Waals surface area contributed by atoms with E-state index in [0.717, 1.165) is 16.8 Å². The molecule has 1 aromatic rings. The number of amides is 3. The fourth-order valence-electron chi connectivity index (χ4n) is 3.96. The van der Waals surface area contributed by atoms with E-state index in [4.69, 9.17) is 0 Å². The zero-order valence-electron chi connectivity index (χ0n) is 16.4. The second-order valence-electron chi connectivity index (χ2n) is 7.31. The van der Waals surface area contributed by atoms with E-state index in [9.17, 15) is 24.3 Å². The maximum Gasteiger partial charge on any atom is 0.307 e. The first kappa shape index (κ1) is 20.8. The van der Waals surface area contributed by atoms with Gasteiger partial charge in [-0.15, -0.1) is 0 Å². The van der Waals surface area contributed by atoms with Crippen molar-refractivity contribution in [2.75, 3.05) is 18.6 Å². The van der Waals surface area contributed by atoms with Crippen molar-refractivity contribution in [3.63, 3.8) is 0 Å². The van der Waals surface area contributed by atoms with Crippen molar-refractivity contribution in [1.29, 1.82) is 0 Å². The summed E-state index contributed by atoms with van der Waals surface area (Å²) in [5, 5.41) is 14.8. The molecule has 0 spiro atoms. The van der Waals surface area contributed by atoms with E-state index in [1.807, 2.05) is 18.2 Å². The molecule has 0 fully saturated rings. The van der Waals surface area contributed by atoms with Crippen LogP contribution in [0.15, 0.2) is 18.2 Å². The lowest BCUT2D eigenvalue weighted by Gasteiger charge is -2.28. The molecule has 0 aliphatic carbocycles. The summed E-state index contributed by atoms with van der Waals surface area (Å²) in [7, 11) is 1.23. The highest BCUT2D eigenvalue weighted by Gasteiger charge is 2.44. The van der Waals surface area contributed by atoms with Crippen LogP contribution in [-0.4, -0.2) is 60.6 Å². The van der Waals surface area contributed by atoms with Gasteiger partial charge in [0.05, 0.1) is 31.9 Å². The van der Waals surface area contributed by atoms with Crippen molar-refractivity contribution >= 4 is 29.4 Å². The number of nitrogens with zero attached hydrogens (tertiary/aromatic N) is 1. The Bertz CT molecular complexity index is 840. The molecule has 3 N–H and O–H groups in total. The van der Waals surface area contributed by atoms with Gasteiger partial charge < -0.3 is 20.5 Å². The standard InChI is InChI=1S/C20H25N3O6/c1-11(25)21-15-7-6-12-4-3-5-13-8-16(23(18(12)13)20(15)28)19(27)22-14(10-24)9-17(26)29-2/h3-5,14-16,24H,6-10H2,1-2H3,(H,21,25)(H,22,27)/t14-,15-,16-/m0/s1. The Kier molecular flexibility index (Phi) is 6.17. The second-order valence-corrected chi connectivity index (χ2v) is 7.31. The first-order valence-electron chi connectivity index (χ1n) is 9.54. The van der Waals surface area contributed by atoms with Crippen LogP contribution < -0.4 is 15.5 Å². The molecule has 2 heterocycles. The zero-order chi connectivity index (χ0) is 21.1. The van der Waals surface area contributed by atoms with Crippen LogP contribution in [0.5, 0.6) is 0 Å². The predicted octanol–water partition coefficient (Wildman–Crippen LogP) is -0.565. The molecule has 1 aromatic carbocycles. The first-order chi connectivity index (χ1) is 13.8. The molecule has 156 valence electrons. The number of carbonyl (C=O) groups is 4. The molecule has 0 unspecified atom stereocenters. The minimum atomic E-state index is -0.820. The third-order valence-electron chi connectivity index (χ3n) is 5.29. The Balaban J connectivity index is 1.87. The monoisotopic (exact) mass is 403 g/mol. The van der Waals surface area contributed by atoms with Crippen molar-refractivity contribution in [2.24, 2.45) is 0 Å². The lowest BCUT2D eigenvalue weighted by atomic mass is 10.0. The Morgan fingerprint density at radius 2 is 2.03 bits per heavy atom. The number of esters is 1. The summed E-state index contributed by atoms with van der Waals surface area (Å²) in [5.74, 6) is -1.67. The molecule has 0 saturated heterocycles. The summed E-state index contributed by atoms with van der Waals surface area (Å²) in [5.41, 5.74) is 2.55. The van der Waals surface area contributed by atoms with Crippen LogP contribution in [-0.2, 0) is 36.8 Å². The number of ether oxygens (including phenoxy) is 1. The van der Waals surface area contributed by atoms with Crippen molar-refractivity contribution in [1.82, 2.24) is 10.6 Å². The molecule has 0 radical (unpaired) electrons. The molecule has 3 atom stereocenters. The number of rotatable bonds is 6. The molecule has 3 amide bonds. The maximum absolute atomic E-state index is 13.2. The minimum Gasteiger partial charge on any atom is -0.469 e. The van der Waals surface area contributed by atoms with Crippen molar-refractivity contribution < 1.29 is 29.0 Å². The molecule has 2 aliphatic heterocycles. The highest BCUT2D eigenvalue weighted by atomic mass is 16.5. The minimum absolute atomic E-state index is 0.174. The Morgan fingerprint density at radius 3 is 2.69 bits per heavy atom. The van der Waals surface area contributed by atoms with Crippen molar-refractivity contribution in [3.05, 3.63) is 29.3 Å². The summed E-state index contributed by atoms with van der Waals surface area (Å²) in [6.45, 7) is 0.914. The van der Waals surface area contributed by atoms with Gasteiger partial charge >= 0.3 is 5.97 Å². The fraction of sp³-hybridized carbons (Fsp3) is 0.500. The fourth-order valence-corrected chi connectivity index (χ4v) is 3.96. The Labute approximate surface area is 168 Å². The number of benzene rings is 1. The van der Waals surface area contributed by atoms with Gasteiger partial charge in [0.15, 0.2) is 0 Å². The van der Waals surface area contributed by atoms with Crippen LogP contribution in [0.3, 0.4) is 0 Å². The summed E-state index contributed by atoms with van der Waals surface area (Å²) in [6, 6.07) is 3.34. The Hall–Kier alpha value is -2.94. The predicted molar refractivity (Wildman–Crippen MR) is 103 cm³/mol. The van der Waals surface area contributed by atoms with Gasteiger partial charge in [-0.25, -0.2) is 0 Å². The largest absolute Gasteiger partial charge is 0.469 e. The van der Waals surface area contributed by atoms with E-state index in [-0.39, 0.29) is 18.2 Å². The summed E-state index contributed by atoms with van der Waals surface area (Å²) in [6.07, 6.45) is 1.20. The van der Waals surface area contributed by atoms with Gasteiger partial charge in [0, 0.05) is 13.3 Å². The van der Waals surface area contributed by atoms with Gasteiger partial charge in [0.2, 0.25) is 17.7 Å². The molecule has 0 bridgehead atoms. The number of aryl methyl sites for hydroxylation is 1. The average Bonchev–Trinajstić information content (AvgIpc) is 3.03. The number of nitrogens with one attached hydrogen (secondary N) is 2. The van der Waals surface area contributed by atoms with Crippen LogP contribution in [0.2, 0.25) is 0 Å². The van der Waals surface area contributed by atoms with Crippen LogP contribution in [0.25, 0.3) is 0 Å². The molecular formula is C20H25N3O6. The molecule has 9 heteroatoms. The molecule has 2 aliphatic rings. The highest BCUT2D eigenvalue weighted by Crippen LogP contribution is 2.39. The van der Waals surface area contributed by atoms with E-state index in [2.05, 4.69) is 15.4 Å². The number of methoxy groups -OCH3 is 1. The van der Waals surface area contributed by atoms with Gasteiger partial charge in [-0.2, -0.15) is 0 Å². The van der Waals surface area contributed by atoms with Gasteiger partial charge in [0.1, 0.15) is 12.1 Å². The third-order valence-corrected chi connectivity index (χ3v) is 5.29. The van der Waals surface area contributed by atoms with E-state index < -0.39 is 36.6 Å². The second kappa shape index (κ2) is 8.60. The SMILES string of the molecule is COC(=O)C[C@@H](CO)NC(=O)[C@@H]1Cc2cccc3c2N1C(=O)[C@@H](NC(C)=O)CC3. The average molecular weight is 403 g/mol. The van der Waals surface area contributed by atoms with Gasteiger partial charge in [-0.05, 0) is 24.0 Å². The quantitative estimate of drug-likeness (QED) is 0.547.